The first-order valence-corrected chi connectivity index (χ1v) is 13.0. The van der Waals surface area contributed by atoms with E-state index in [9.17, 15) is 9.18 Å². The molecule has 6 aromatic rings. The Hall–Kier alpha value is -4.27. The van der Waals surface area contributed by atoms with Crippen molar-refractivity contribution in [3.05, 3.63) is 128 Å². The van der Waals surface area contributed by atoms with Crippen LogP contribution < -0.4 is 10.3 Å². The van der Waals surface area contributed by atoms with Crippen molar-refractivity contribution in [2.24, 2.45) is 5.10 Å². The highest BCUT2D eigenvalue weighted by molar-refractivity contribution is 9.10. The summed E-state index contributed by atoms with van der Waals surface area (Å²) in [5.74, 6) is 0.782. The van der Waals surface area contributed by atoms with Gasteiger partial charge < -0.3 is 9.15 Å². The Labute approximate surface area is 235 Å². The molecule has 0 bridgehead atoms. The summed E-state index contributed by atoms with van der Waals surface area (Å²) in [5, 5.41) is 6.11. The normalized spacial score (nSPS) is 11.6. The molecule has 0 atom stereocenters. The molecule has 0 saturated carbocycles. The van der Waals surface area contributed by atoms with Crippen LogP contribution in [0, 0.1) is 5.82 Å². The predicted octanol–water partition coefficient (Wildman–Crippen LogP) is 7.83. The average molecular weight is 603 g/mol. The van der Waals surface area contributed by atoms with Crippen LogP contribution in [-0.2, 0) is 6.61 Å². The largest absolute Gasteiger partial charge is 0.487 e. The maximum absolute atomic E-state index is 13.5. The summed E-state index contributed by atoms with van der Waals surface area (Å²) >= 11 is 9.91. The van der Waals surface area contributed by atoms with Gasteiger partial charge in [-0.2, -0.15) is 9.78 Å². The van der Waals surface area contributed by atoms with E-state index in [1.807, 2.05) is 30.3 Å². The lowest BCUT2D eigenvalue weighted by atomic mass is 10.2. The summed E-state index contributed by atoms with van der Waals surface area (Å²) in [5.41, 5.74) is 2.18. The van der Waals surface area contributed by atoms with Crippen molar-refractivity contribution >= 4 is 55.6 Å². The zero-order valence-electron chi connectivity index (χ0n) is 20.1. The van der Waals surface area contributed by atoms with Gasteiger partial charge in [-0.25, -0.2) is 9.37 Å². The fourth-order valence-corrected chi connectivity index (χ4v) is 4.76. The van der Waals surface area contributed by atoms with Gasteiger partial charge in [-0.1, -0.05) is 51.8 Å². The van der Waals surface area contributed by atoms with Crippen molar-refractivity contribution in [1.29, 1.82) is 0 Å². The molecule has 0 N–H and O–H groups in total. The zero-order valence-corrected chi connectivity index (χ0v) is 22.5. The van der Waals surface area contributed by atoms with Gasteiger partial charge in [0.25, 0.3) is 5.56 Å². The number of hydrogen-bond donors (Lipinski definition) is 0. The smallest absolute Gasteiger partial charge is 0.282 e. The van der Waals surface area contributed by atoms with E-state index < -0.39 is 0 Å². The molecule has 4 aromatic carbocycles. The van der Waals surface area contributed by atoms with Crippen LogP contribution in [0.3, 0.4) is 0 Å². The molecule has 2 aromatic heterocycles. The van der Waals surface area contributed by atoms with Crippen LogP contribution in [0.1, 0.15) is 11.1 Å². The number of ether oxygens (including phenoxy) is 1. The summed E-state index contributed by atoms with van der Waals surface area (Å²) in [6.07, 6.45) is 1.52. The molecular formula is C30H18BrClFN3O3. The molecule has 0 aliphatic heterocycles. The average Bonchev–Trinajstić information content (AvgIpc) is 3.35. The summed E-state index contributed by atoms with van der Waals surface area (Å²) in [7, 11) is 0. The second kappa shape index (κ2) is 10.5. The molecule has 0 spiro atoms. The fraction of sp³-hybridized carbons (Fsp3) is 0.0333. The van der Waals surface area contributed by atoms with Crippen LogP contribution in [-0.4, -0.2) is 15.9 Å². The molecule has 9 heteroatoms. The Morgan fingerprint density at radius 1 is 1.03 bits per heavy atom. The molecule has 2 heterocycles. The van der Waals surface area contributed by atoms with Gasteiger partial charge in [0, 0.05) is 9.86 Å². The molecule has 0 aliphatic carbocycles. The molecule has 0 fully saturated rings. The van der Waals surface area contributed by atoms with Gasteiger partial charge in [0.1, 0.15) is 23.8 Å². The Morgan fingerprint density at radius 2 is 1.90 bits per heavy atom. The van der Waals surface area contributed by atoms with E-state index in [0.29, 0.717) is 44.1 Å². The highest BCUT2D eigenvalue weighted by Gasteiger charge is 2.16. The van der Waals surface area contributed by atoms with Crippen molar-refractivity contribution in [2.75, 3.05) is 0 Å². The third kappa shape index (κ3) is 5.21. The van der Waals surface area contributed by atoms with Gasteiger partial charge in [0.05, 0.1) is 22.1 Å². The highest BCUT2D eigenvalue weighted by Crippen LogP contribution is 2.30. The Balaban J connectivity index is 1.35. The molecule has 6 rings (SSSR count). The minimum Gasteiger partial charge on any atom is -0.487 e. The molecule has 6 nitrogen and oxygen atoms in total. The quantitative estimate of drug-likeness (QED) is 0.182. The lowest BCUT2D eigenvalue weighted by molar-refractivity contribution is 0.306. The van der Waals surface area contributed by atoms with E-state index in [0.717, 1.165) is 9.86 Å². The van der Waals surface area contributed by atoms with Gasteiger partial charge in [-0.15, -0.1) is 0 Å². The Morgan fingerprint density at radius 3 is 2.74 bits per heavy atom. The van der Waals surface area contributed by atoms with Gasteiger partial charge in [-0.05, 0) is 77.9 Å². The van der Waals surface area contributed by atoms with E-state index in [-0.39, 0.29) is 23.8 Å². The first-order chi connectivity index (χ1) is 18.9. The minimum absolute atomic E-state index is 0.167. The number of furan rings is 1. The van der Waals surface area contributed by atoms with Gasteiger partial charge in [-0.3, -0.25) is 4.79 Å². The monoisotopic (exact) mass is 601 g/mol. The van der Waals surface area contributed by atoms with Crippen molar-refractivity contribution in [2.45, 2.75) is 6.61 Å². The van der Waals surface area contributed by atoms with E-state index in [2.05, 4.69) is 21.0 Å². The molecule has 0 unspecified atom stereocenters. The molecule has 0 saturated heterocycles. The molecule has 0 radical (unpaired) electrons. The lowest BCUT2D eigenvalue weighted by Gasteiger charge is -2.09. The first-order valence-electron chi connectivity index (χ1n) is 11.9. The summed E-state index contributed by atoms with van der Waals surface area (Å²) < 4.78 is 27.4. The Bertz CT molecular complexity index is 1950. The Kier molecular flexibility index (Phi) is 6.72. The third-order valence-electron chi connectivity index (χ3n) is 6.01. The number of benzene rings is 4. The molecule has 39 heavy (non-hydrogen) atoms. The second-order valence-corrected chi connectivity index (χ2v) is 10.0. The summed E-state index contributed by atoms with van der Waals surface area (Å²) in [4.78, 5) is 18.2. The van der Waals surface area contributed by atoms with Crippen molar-refractivity contribution in [3.8, 4) is 17.3 Å². The highest BCUT2D eigenvalue weighted by atomic mass is 79.9. The van der Waals surface area contributed by atoms with Gasteiger partial charge in [0.2, 0.25) is 5.82 Å². The van der Waals surface area contributed by atoms with Crippen LogP contribution in [0.25, 0.3) is 33.5 Å². The standard InChI is InChI=1S/C30H18BrClFN3O3/c31-21-9-11-26-20(14-21)15-28(39-26)29-35-25-7-2-1-6-23(25)30(37)36(29)34-16-18-8-10-27(24(32)13-18)38-17-19-4-3-5-22(33)12-19/h1-16H,17H2. The van der Waals surface area contributed by atoms with Crippen LogP contribution in [0.4, 0.5) is 4.39 Å². The SMILES string of the molecule is O=c1c2ccccc2nc(-c2cc3cc(Br)ccc3o2)n1N=Cc1ccc(OCc2cccc(F)c2)c(Cl)c1. The number of aromatic nitrogens is 2. The van der Waals surface area contributed by atoms with Crippen LogP contribution in [0.2, 0.25) is 5.02 Å². The maximum Gasteiger partial charge on any atom is 0.282 e. The minimum atomic E-state index is -0.338. The van der Waals surface area contributed by atoms with E-state index in [4.69, 9.17) is 25.7 Å². The maximum atomic E-state index is 13.5. The first kappa shape index (κ1) is 25.0. The van der Waals surface area contributed by atoms with Gasteiger partial charge >= 0.3 is 0 Å². The fourth-order valence-electron chi connectivity index (χ4n) is 4.14. The molecule has 192 valence electrons. The second-order valence-electron chi connectivity index (χ2n) is 8.72. The number of rotatable bonds is 6. The van der Waals surface area contributed by atoms with E-state index in [1.165, 1.54) is 23.0 Å². The van der Waals surface area contributed by atoms with E-state index >= 15 is 0 Å². The molecular weight excluding hydrogens is 585 g/mol. The molecule has 0 aliphatic rings. The third-order valence-corrected chi connectivity index (χ3v) is 6.80. The number of halogens is 3. The molecule has 0 amide bonds. The van der Waals surface area contributed by atoms with Crippen molar-refractivity contribution in [3.63, 3.8) is 0 Å². The number of nitrogens with zero attached hydrogens (tertiary/aromatic N) is 3. The van der Waals surface area contributed by atoms with E-state index in [1.54, 1.807) is 48.5 Å². The van der Waals surface area contributed by atoms with Crippen LogP contribution >= 0.6 is 27.5 Å². The predicted molar refractivity (Wildman–Crippen MR) is 154 cm³/mol. The number of hydrogen-bond acceptors (Lipinski definition) is 5. The summed E-state index contributed by atoms with van der Waals surface area (Å²) in [6, 6.07) is 25.8. The number of para-hydroxylation sites is 1. The topological polar surface area (TPSA) is 69.6 Å². The zero-order chi connectivity index (χ0) is 26.9. The number of fused-ring (bicyclic) bond motifs is 2. The van der Waals surface area contributed by atoms with Gasteiger partial charge in [0.15, 0.2) is 5.76 Å². The van der Waals surface area contributed by atoms with Crippen molar-refractivity contribution < 1.29 is 13.5 Å². The van der Waals surface area contributed by atoms with Crippen LogP contribution in [0.5, 0.6) is 5.75 Å². The lowest BCUT2D eigenvalue weighted by Crippen LogP contribution is -2.20. The van der Waals surface area contributed by atoms with Crippen molar-refractivity contribution in [1.82, 2.24) is 9.66 Å². The van der Waals surface area contributed by atoms with Crippen LogP contribution in [0.15, 0.2) is 110 Å². The summed E-state index contributed by atoms with van der Waals surface area (Å²) in [6.45, 7) is 0.167.